The smallest absolute Gasteiger partial charge is 0.306 e. The van der Waals surface area contributed by atoms with E-state index in [0.717, 1.165) is 57.8 Å². The number of hydrogen-bond donors (Lipinski definition) is 4. The second kappa shape index (κ2) is 42.1. The van der Waals surface area contributed by atoms with Crippen molar-refractivity contribution in [3.8, 4) is 0 Å². The first-order valence-corrected chi connectivity index (χ1v) is 25.4. The molecule has 1 fully saturated rings. The maximum atomic E-state index is 12.8. The first kappa shape index (κ1) is 57.2. The summed E-state index contributed by atoms with van der Waals surface area (Å²) in [5.41, 5.74) is 0. The zero-order chi connectivity index (χ0) is 44.4. The van der Waals surface area contributed by atoms with Crippen LogP contribution < -0.4 is 0 Å². The maximum Gasteiger partial charge on any atom is 0.306 e. The highest BCUT2D eigenvalue weighted by Crippen LogP contribution is 2.23. The van der Waals surface area contributed by atoms with E-state index in [4.69, 9.17) is 18.9 Å². The second-order valence-corrected chi connectivity index (χ2v) is 17.6. The van der Waals surface area contributed by atoms with E-state index in [1.165, 1.54) is 141 Å². The lowest BCUT2D eigenvalue weighted by atomic mass is 9.99. The molecule has 0 aromatic heterocycles. The van der Waals surface area contributed by atoms with Crippen LogP contribution in [0.4, 0.5) is 0 Å². The summed E-state index contributed by atoms with van der Waals surface area (Å²) in [5, 5.41) is 40.2. The molecule has 0 aromatic carbocycles. The predicted molar refractivity (Wildman–Crippen MR) is 247 cm³/mol. The standard InChI is InChI=1S/C51H94O10/c1-3-5-7-9-11-13-15-17-19-20-21-22-23-24-26-27-29-31-33-35-37-39-46(53)58-42-44(43-59-51-50(57)49(56)48(55)45(41-52)61-51)60-47(54)40-38-36-34-32-30-28-25-18-16-14-12-10-8-6-4-2/h12,14,18,25,44-45,48-52,55-57H,3-11,13,15-17,19-24,26-43H2,1-2H3/b14-12-,25-18-. The molecule has 1 aliphatic rings. The van der Waals surface area contributed by atoms with E-state index in [1.807, 2.05) is 0 Å². The summed E-state index contributed by atoms with van der Waals surface area (Å²) in [5.74, 6) is -0.811. The van der Waals surface area contributed by atoms with Crippen molar-refractivity contribution in [2.24, 2.45) is 0 Å². The van der Waals surface area contributed by atoms with Crippen LogP contribution in [0.1, 0.15) is 232 Å². The van der Waals surface area contributed by atoms with Gasteiger partial charge in [-0.3, -0.25) is 9.59 Å². The molecule has 0 radical (unpaired) electrons. The molecule has 358 valence electrons. The summed E-state index contributed by atoms with van der Waals surface area (Å²) in [6.45, 7) is 3.42. The van der Waals surface area contributed by atoms with Gasteiger partial charge in [-0.25, -0.2) is 0 Å². The van der Waals surface area contributed by atoms with Crippen molar-refractivity contribution < 1.29 is 49.0 Å². The van der Waals surface area contributed by atoms with Gasteiger partial charge in [0.1, 0.15) is 31.0 Å². The zero-order valence-electron chi connectivity index (χ0n) is 39.2. The molecule has 10 heteroatoms. The number of allylic oxidation sites excluding steroid dienone is 4. The summed E-state index contributed by atoms with van der Waals surface area (Å²) in [4.78, 5) is 25.4. The van der Waals surface area contributed by atoms with E-state index in [0.29, 0.717) is 6.42 Å². The van der Waals surface area contributed by atoms with Crippen LogP contribution in [-0.2, 0) is 28.5 Å². The molecule has 0 saturated carbocycles. The highest BCUT2D eigenvalue weighted by atomic mass is 16.7. The average Bonchev–Trinajstić information content (AvgIpc) is 3.26. The van der Waals surface area contributed by atoms with E-state index in [9.17, 15) is 30.0 Å². The Morgan fingerprint density at radius 3 is 1.39 bits per heavy atom. The Kier molecular flexibility index (Phi) is 39.5. The molecule has 0 spiro atoms. The molecule has 1 rings (SSSR count). The largest absolute Gasteiger partial charge is 0.462 e. The monoisotopic (exact) mass is 867 g/mol. The molecular weight excluding hydrogens is 773 g/mol. The molecule has 10 nitrogen and oxygen atoms in total. The fraction of sp³-hybridized carbons (Fsp3) is 0.882. The van der Waals surface area contributed by atoms with Gasteiger partial charge >= 0.3 is 11.9 Å². The van der Waals surface area contributed by atoms with Crippen molar-refractivity contribution in [3.05, 3.63) is 24.3 Å². The zero-order valence-corrected chi connectivity index (χ0v) is 39.2. The fourth-order valence-corrected chi connectivity index (χ4v) is 7.81. The predicted octanol–water partition coefficient (Wildman–Crippen LogP) is 11.7. The molecule has 0 bridgehead atoms. The Morgan fingerprint density at radius 2 is 0.918 bits per heavy atom. The quantitative estimate of drug-likeness (QED) is 0.0265. The number of aliphatic hydroxyl groups is 4. The van der Waals surface area contributed by atoms with E-state index in [-0.39, 0.29) is 32.0 Å². The van der Waals surface area contributed by atoms with Crippen LogP contribution >= 0.6 is 0 Å². The molecule has 4 N–H and O–H groups in total. The van der Waals surface area contributed by atoms with Crippen molar-refractivity contribution in [1.29, 1.82) is 0 Å². The lowest BCUT2D eigenvalue weighted by Crippen LogP contribution is -2.59. The Hall–Kier alpha value is -1.82. The van der Waals surface area contributed by atoms with Crippen molar-refractivity contribution in [1.82, 2.24) is 0 Å². The normalized spacial score (nSPS) is 19.9. The van der Waals surface area contributed by atoms with Crippen molar-refractivity contribution >= 4 is 11.9 Å². The van der Waals surface area contributed by atoms with Gasteiger partial charge in [0, 0.05) is 12.8 Å². The summed E-state index contributed by atoms with van der Waals surface area (Å²) in [7, 11) is 0. The number of ether oxygens (including phenoxy) is 4. The van der Waals surface area contributed by atoms with Gasteiger partial charge in [-0.15, -0.1) is 0 Å². The lowest BCUT2D eigenvalue weighted by molar-refractivity contribution is -0.305. The highest BCUT2D eigenvalue weighted by molar-refractivity contribution is 5.70. The van der Waals surface area contributed by atoms with E-state index >= 15 is 0 Å². The van der Waals surface area contributed by atoms with Crippen LogP contribution in [-0.4, -0.2) is 89.0 Å². The third kappa shape index (κ3) is 33.4. The Morgan fingerprint density at radius 1 is 0.508 bits per heavy atom. The molecule has 1 saturated heterocycles. The summed E-state index contributed by atoms with van der Waals surface area (Å²) in [6.07, 6.45) is 40.4. The van der Waals surface area contributed by atoms with E-state index < -0.39 is 49.4 Å². The van der Waals surface area contributed by atoms with Crippen LogP contribution in [0.5, 0.6) is 0 Å². The van der Waals surface area contributed by atoms with Gasteiger partial charge < -0.3 is 39.4 Å². The molecule has 1 aliphatic heterocycles. The third-order valence-corrected chi connectivity index (χ3v) is 11.8. The average molecular weight is 867 g/mol. The molecule has 0 aromatic rings. The number of aliphatic hydroxyl groups excluding tert-OH is 4. The number of rotatable bonds is 43. The number of unbranched alkanes of at least 4 members (excludes halogenated alkanes) is 28. The van der Waals surface area contributed by atoms with Gasteiger partial charge in [-0.2, -0.15) is 0 Å². The highest BCUT2D eigenvalue weighted by Gasteiger charge is 2.44. The fourth-order valence-electron chi connectivity index (χ4n) is 7.81. The van der Waals surface area contributed by atoms with Crippen LogP contribution in [0.3, 0.4) is 0 Å². The molecule has 61 heavy (non-hydrogen) atoms. The number of carbonyl (C=O) groups excluding carboxylic acids is 2. The number of hydrogen-bond acceptors (Lipinski definition) is 10. The molecule has 6 unspecified atom stereocenters. The first-order valence-electron chi connectivity index (χ1n) is 25.4. The van der Waals surface area contributed by atoms with Gasteiger partial charge in [0.15, 0.2) is 12.4 Å². The Balaban J connectivity index is 2.24. The van der Waals surface area contributed by atoms with Gasteiger partial charge in [0.2, 0.25) is 0 Å². The van der Waals surface area contributed by atoms with E-state index in [1.54, 1.807) is 0 Å². The van der Waals surface area contributed by atoms with Gasteiger partial charge in [0.05, 0.1) is 13.2 Å². The van der Waals surface area contributed by atoms with Crippen LogP contribution in [0.25, 0.3) is 0 Å². The van der Waals surface area contributed by atoms with Crippen molar-refractivity contribution in [2.75, 3.05) is 19.8 Å². The minimum absolute atomic E-state index is 0.217. The molecule has 0 amide bonds. The second-order valence-electron chi connectivity index (χ2n) is 17.6. The number of esters is 2. The SMILES string of the molecule is CCCCC/C=C\C/C=C\CCCCCCCC(=O)OC(COC(=O)CCCCCCCCCCCCCCCCCCCCCCC)COC1OC(CO)C(O)C(O)C1O. The summed E-state index contributed by atoms with van der Waals surface area (Å²) >= 11 is 0. The number of carbonyl (C=O) groups is 2. The van der Waals surface area contributed by atoms with Crippen molar-refractivity contribution in [2.45, 2.75) is 269 Å². The Bertz CT molecular complexity index is 1050. The third-order valence-electron chi connectivity index (χ3n) is 11.8. The van der Waals surface area contributed by atoms with Crippen LogP contribution in [0.15, 0.2) is 24.3 Å². The van der Waals surface area contributed by atoms with Gasteiger partial charge in [-0.1, -0.05) is 199 Å². The molecule has 0 aliphatic carbocycles. The van der Waals surface area contributed by atoms with E-state index in [2.05, 4.69) is 38.2 Å². The molecule has 1 heterocycles. The minimum atomic E-state index is -1.60. The first-order chi connectivity index (χ1) is 29.8. The Labute approximate surface area is 373 Å². The summed E-state index contributed by atoms with van der Waals surface area (Å²) < 4.78 is 22.2. The van der Waals surface area contributed by atoms with Gasteiger partial charge in [0.25, 0.3) is 0 Å². The molecular formula is C51H94O10. The van der Waals surface area contributed by atoms with Crippen molar-refractivity contribution in [3.63, 3.8) is 0 Å². The van der Waals surface area contributed by atoms with Crippen LogP contribution in [0, 0.1) is 0 Å². The summed E-state index contributed by atoms with van der Waals surface area (Å²) in [6, 6.07) is 0. The lowest BCUT2D eigenvalue weighted by Gasteiger charge is -2.39. The minimum Gasteiger partial charge on any atom is -0.462 e. The molecule has 6 atom stereocenters. The topological polar surface area (TPSA) is 152 Å². The van der Waals surface area contributed by atoms with Gasteiger partial charge in [-0.05, 0) is 44.9 Å². The maximum absolute atomic E-state index is 12.8. The van der Waals surface area contributed by atoms with Crippen LogP contribution in [0.2, 0.25) is 0 Å².